The Morgan fingerprint density at radius 1 is 1.33 bits per heavy atom. The van der Waals surface area contributed by atoms with Crippen molar-refractivity contribution in [1.29, 1.82) is 0 Å². The third-order valence-corrected chi connectivity index (χ3v) is 3.28. The van der Waals surface area contributed by atoms with Gasteiger partial charge in [-0.1, -0.05) is 0 Å². The molecule has 0 aliphatic carbocycles. The van der Waals surface area contributed by atoms with E-state index in [1.807, 2.05) is 12.1 Å². The Morgan fingerprint density at radius 3 is 3.22 bits per heavy atom. The lowest BCUT2D eigenvalue weighted by Crippen LogP contribution is -2.16. The molecule has 90 valence electrons. The Morgan fingerprint density at radius 2 is 2.28 bits per heavy atom. The number of H-pyrrole nitrogens is 1. The fraction of sp³-hybridized carbons (Fsp3) is 0.250. The molecule has 0 fully saturated rings. The molecule has 2 aromatic heterocycles. The van der Waals surface area contributed by atoms with Crippen molar-refractivity contribution in [2.75, 3.05) is 6.61 Å². The monoisotopic (exact) mass is 242 g/mol. The van der Waals surface area contributed by atoms with E-state index in [-0.39, 0.29) is 5.56 Å². The molecule has 0 radical (unpaired) electrons. The summed E-state index contributed by atoms with van der Waals surface area (Å²) in [5, 5.41) is 0.596. The Kier molecular flexibility index (Phi) is 1.84. The number of rotatable bonds is 0. The van der Waals surface area contributed by atoms with Gasteiger partial charge >= 0.3 is 0 Å². The van der Waals surface area contributed by atoms with Gasteiger partial charge in [0.2, 0.25) is 0 Å². The van der Waals surface area contributed by atoms with Crippen molar-refractivity contribution < 1.29 is 4.74 Å². The normalized spacial score (nSPS) is 15.1. The van der Waals surface area contributed by atoms with E-state index in [1.165, 1.54) is 6.33 Å². The van der Waals surface area contributed by atoms with E-state index in [2.05, 4.69) is 19.5 Å². The number of nitrogens with zero attached hydrogens (tertiary/aromatic N) is 3. The quantitative estimate of drug-likeness (QED) is 0.633. The molecular weight excluding hydrogens is 232 g/mol. The standard InChI is InChI=1S/C12H10N4O2/c17-12-7-3-10-9(4-8(7)13-6-14-12)15-11-5-18-2-1-16(10)11/h3-4,6H,1-2,5H2,(H,13,14,17). The lowest BCUT2D eigenvalue weighted by Gasteiger charge is -2.14. The molecule has 0 saturated carbocycles. The fourth-order valence-corrected chi connectivity index (χ4v) is 2.42. The summed E-state index contributed by atoms with van der Waals surface area (Å²) in [7, 11) is 0. The Hall–Kier alpha value is -2.21. The Bertz CT molecular complexity index is 818. The number of aromatic amines is 1. The molecular formula is C12H10N4O2. The molecule has 0 spiro atoms. The van der Waals surface area contributed by atoms with E-state index in [9.17, 15) is 4.79 Å². The molecule has 1 aliphatic rings. The molecule has 6 nitrogen and oxygen atoms in total. The number of hydrogen-bond acceptors (Lipinski definition) is 4. The van der Waals surface area contributed by atoms with Crippen LogP contribution in [0.1, 0.15) is 5.82 Å². The molecule has 4 rings (SSSR count). The van der Waals surface area contributed by atoms with Gasteiger partial charge in [-0.05, 0) is 12.1 Å². The largest absolute Gasteiger partial charge is 0.372 e. The van der Waals surface area contributed by atoms with Crippen LogP contribution in [0, 0.1) is 0 Å². The zero-order valence-corrected chi connectivity index (χ0v) is 9.51. The molecule has 6 heteroatoms. The van der Waals surface area contributed by atoms with Crippen molar-refractivity contribution in [3.63, 3.8) is 0 Å². The van der Waals surface area contributed by atoms with Gasteiger partial charge in [0.05, 0.1) is 34.9 Å². The van der Waals surface area contributed by atoms with E-state index in [0.717, 1.165) is 23.4 Å². The van der Waals surface area contributed by atoms with Crippen LogP contribution in [0.3, 0.4) is 0 Å². The molecule has 0 bridgehead atoms. The summed E-state index contributed by atoms with van der Waals surface area (Å²) in [6.07, 6.45) is 1.41. The first kappa shape index (κ1) is 9.78. The van der Waals surface area contributed by atoms with Crippen LogP contribution in [0.2, 0.25) is 0 Å². The summed E-state index contributed by atoms with van der Waals surface area (Å²) in [4.78, 5) is 23.0. The van der Waals surface area contributed by atoms with Crippen molar-refractivity contribution >= 4 is 21.9 Å². The molecule has 1 N–H and O–H groups in total. The lowest BCUT2D eigenvalue weighted by atomic mass is 10.2. The van der Waals surface area contributed by atoms with Crippen molar-refractivity contribution in [2.45, 2.75) is 13.2 Å². The van der Waals surface area contributed by atoms with Crippen LogP contribution in [0.4, 0.5) is 0 Å². The molecule has 18 heavy (non-hydrogen) atoms. The molecule has 3 aromatic rings. The minimum Gasteiger partial charge on any atom is -0.372 e. The molecule has 0 amide bonds. The number of ether oxygens (including phenoxy) is 1. The van der Waals surface area contributed by atoms with Crippen LogP contribution in [0.5, 0.6) is 0 Å². The lowest BCUT2D eigenvalue weighted by molar-refractivity contribution is 0.0830. The maximum absolute atomic E-state index is 11.8. The van der Waals surface area contributed by atoms with Crippen molar-refractivity contribution in [3.05, 3.63) is 34.6 Å². The average Bonchev–Trinajstić information content (AvgIpc) is 2.75. The number of fused-ring (bicyclic) bond motifs is 4. The van der Waals surface area contributed by atoms with Gasteiger partial charge in [0.25, 0.3) is 5.56 Å². The van der Waals surface area contributed by atoms with Gasteiger partial charge < -0.3 is 14.3 Å². The summed E-state index contributed by atoms with van der Waals surface area (Å²) in [6.45, 7) is 1.98. The van der Waals surface area contributed by atoms with Crippen LogP contribution in [-0.4, -0.2) is 26.1 Å². The molecule has 3 heterocycles. The first-order chi connectivity index (χ1) is 8.83. The van der Waals surface area contributed by atoms with Gasteiger partial charge in [-0.15, -0.1) is 0 Å². The van der Waals surface area contributed by atoms with Crippen molar-refractivity contribution in [1.82, 2.24) is 19.5 Å². The van der Waals surface area contributed by atoms with Crippen molar-refractivity contribution in [3.8, 4) is 0 Å². The maximum Gasteiger partial charge on any atom is 0.258 e. The molecule has 1 aromatic carbocycles. The number of hydrogen-bond donors (Lipinski definition) is 1. The van der Waals surface area contributed by atoms with Crippen LogP contribution < -0.4 is 5.56 Å². The molecule has 0 saturated heterocycles. The van der Waals surface area contributed by atoms with E-state index in [1.54, 1.807) is 0 Å². The first-order valence-electron chi connectivity index (χ1n) is 5.77. The number of aromatic nitrogens is 4. The second-order valence-corrected chi connectivity index (χ2v) is 4.32. The number of nitrogens with one attached hydrogen (secondary N) is 1. The molecule has 0 atom stereocenters. The zero-order valence-electron chi connectivity index (χ0n) is 9.51. The summed E-state index contributed by atoms with van der Waals surface area (Å²) in [5.74, 6) is 0.906. The van der Waals surface area contributed by atoms with E-state index in [0.29, 0.717) is 24.1 Å². The third-order valence-electron chi connectivity index (χ3n) is 3.28. The SMILES string of the molecule is O=c1[nH]cnc2cc3nc4n(c3cc12)CCOC4. The first-order valence-corrected chi connectivity index (χ1v) is 5.77. The van der Waals surface area contributed by atoms with Crippen LogP contribution in [-0.2, 0) is 17.9 Å². The second-order valence-electron chi connectivity index (χ2n) is 4.32. The van der Waals surface area contributed by atoms with Crippen molar-refractivity contribution in [2.24, 2.45) is 0 Å². The van der Waals surface area contributed by atoms with E-state index in [4.69, 9.17) is 4.74 Å². The second kappa shape index (κ2) is 3.39. The topological polar surface area (TPSA) is 72.8 Å². The Labute approximate surface area is 101 Å². The number of imidazole rings is 1. The average molecular weight is 242 g/mol. The highest BCUT2D eigenvalue weighted by molar-refractivity contribution is 5.92. The minimum atomic E-state index is -0.121. The summed E-state index contributed by atoms with van der Waals surface area (Å²) < 4.78 is 7.48. The van der Waals surface area contributed by atoms with E-state index >= 15 is 0 Å². The molecule has 1 aliphatic heterocycles. The van der Waals surface area contributed by atoms with Crippen LogP contribution >= 0.6 is 0 Å². The van der Waals surface area contributed by atoms with Crippen LogP contribution in [0.25, 0.3) is 21.9 Å². The maximum atomic E-state index is 11.8. The number of benzene rings is 1. The summed E-state index contributed by atoms with van der Waals surface area (Å²) >= 11 is 0. The highest BCUT2D eigenvalue weighted by Gasteiger charge is 2.16. The van der Waals surface area contributed by atoms with E-state index < -0.39 is 0 Å². The smallest absolute Gasteiger partial charge is 0.258 e. The van der Waals surface area contributed by atoms with Gasteiger partial charge in [0.1, 0.15) is 12.4 Å². The minimum absolute atomic E-state index is 0.121. The van der Waals surface area contributed by atoms with Gasteiger partial charge in [0.15, 0.2) is 0 Å². The third kappa shape index (κ3) is 1.23. The predicted molar refractivity (Wildman–Crippen MR) is 65.3 cm³/mol. The van der Waals surface area contributed by atoms with Gasteiger partial charge in [-0.2, -0.15) is 0 Å². The van der Waals surface area contributed by atoms with Gasteiger partial charge in [-0.25, -0.2) is 9.97 Å². The van der Waals surface area contributed by atoms with Crippen LogP contribution in [0.15, 0.2) is 23.3 Å². The summed E-state index contributed by atoms with van der Waals surface area (Å²) in [5.41, 5.74) is 2.38. The summed E-state index contributed by atoms with van der Waals surface area (Å²) in [6, 6.07) is 3.71. The highest BCUT2D eigenvalue weighted by atomic mass is 16.5. The predicted octanol–water partition coefficient (Wildman–Crippen LogP) is 0.803. The molecule has 0 unspecified atom stereocenters. The highest BCUT2D eigenvalue weighted by Crippen LogP contribution is 2.22. The van der Waals surface area contributed by atoms with Gasteiger partial charge in [-0.3, -0.25) is 4.79 Å². The Balaban J connectivity index is 2.16. The van der Waals surface area contributed by atoms with Gasteiger partial charge in [0, 0.05) is 6.54 Å². The zero-order chi connectivity index (χ0) is 12.1. The fourth-order valence-electron chi connectivity index (χ4n) is 2.42.